The van der Waals surface area contributed by atoms with Crippen molar-refractivity contribution in [1.29, 1.82) is 0 Å². The molecule has 5 aromatic rings. The van der Waals surface area contributed by atoms with Crippen molar-refractivity contribution in [3.63, 3.8) is 0 Å². The van der Waals surface area contributed by atoms with Crippen LogP contribution in [0.2, 0.25) is 0 Å². The molecule has 1 amide bonds. The zero-order valence-corrected chi connectivity index (χ0v) is 18.2. The van der Waals surface area contributed by atoms with E-state index in [1.54, 1.807) is 53.5 Å². The molecule has 8 nitrogen and oxygen atoms in total. The third kappa shape index (κ3) is 4.44. The quantitative estimate of drug-likeness (QED) is 0.384. The summed E-state index contributed by atoms with van der Waals surface area (Å²) in [6.45, 7) is 1.66. The molecule has 0 aliphatic carbocycles. The lowest BCUT2D eigenvalue weighted by molar-refractivity contribution is -0.114. The second kappa shape index (κ2) is 9.07. The Morgan fingerprint density at radius 2 is 1.71 bits per heavy atom. The van der Waals surface area contributed by atoms with E-state index in [1.807, 2.05) is 24.3 Å². The van der Waals surface area contributed by atoms with Crippen molar-refractivity contribution in [3.05, 3.63) is 90.5 Å². The summed E-state index contributed by atoms with van der Waals surface area (Å²) in [5.41, 5.74) is 2.65. The number of benzene rings is 2. The maximum Gasteiger partial charge on any atom is 0.222 e. The van der Waals surface area contributed by atoms with Gasteiger partial charge >= 0.3 is 0 Å². The van der Waals surface area contributed by atoms with Crippen LogP contribution >= 0.6 is 0 Å². The van der Waals surface area contributed by atoms with Crippen molar-refractivity contribution < 1.29 is 9.18 Å². The third-order valence-corrected chi connectivity index (χ3v) is 5.13. The van der Waals surface area contributed by atoms with E-state index >= 15 is 0 Å². The van der Waals surface area contributed by atoms with Gasteiger partial charge in [0.15, 0.2) is 5.82 Å². The molecule has 0 unspecified atom stereocenters. The minimum atomic E-state index is -0.295. The Morgan fingerprint density at radius 1 is 0.971 bits per heavy atom. The second-order valence-electron chi connectivity index (χ2n) is 7.62. The molecule has 5 rings (SSSR count). The molecule has 0 fully saturated rings. The van der Waals surface area contributed by atoms with E-state index in [-0.39, 0.29) is 18.3 Å². The number of rotatable bonds is 6. The molecule has 2 aromatic carbocycles. The highest BCUT2D eigenvalue weighted by Gasteiger charge is 2.17. The van der Waals surface area contributed by atoms with Crippen molar-refractivity contribution in [2.75, 3.05) is 10.6 Å². The van der Waals surface area contributed by atoms with E-state index in [0.29, 0.717) is 28.7 Å². The molecule has 0 atom stereocenters. The number of aromatic nitrogens is 5. The van der Waals surface area contributed by atoms with Crippen LogP contribution in [0.1, 0.15) is 12.5 Å². The van der Waals surface area contributed by atoms with E-state index in [2.05, 4.69) is 25.6 Å². The van der Waals surface area contributed by atoms with Gasteiger partial charge in [-0.1, -0.05) is 36.4 Å². The summed E-state index contributed by atoms with van der Waals surface area (Å²) in [5.74, 6) is 0.589. The zero-order chi connectivity index (χ0) is 23.5. The Kier molecular flexibility index (Phi) is 5.65. The number of fused-ring (bicyclic) bond motifs is 1. The highest BCUT2D eigenvalue weighted by molar-refractivity contribution is 5.93. The average Bonchev–Trinajstić information content (AvgIpc) is 3.19. The van der Waals surface area contributed by atoms with Gasteiger partial charge in [-0.2, -0.15) is 5.10 Å². The molecule has 2 N–H and O–H groups in total. The van der Waals surface area contributed by atoms with Crippen LogP contribution in [0.25, 0.3) is 22.4 Å². The van der Waals surface area contributed by atoms with Crippen LogP contribution in [0.15, 0.2) is 79.1 Å². The van der Waals surface area contributed by atoms with Crippen LogP contribution in [-0.2, 0) is 11.3 Å². The summed E-state index contributed by atoms with van der Waals surface area (Å²) in [7, 11) is 0. The van der Waals surface area contributed by atoms with Gasteiger partial charge in [0, 0.05) is 42.0 Å². The smallest absolute Gasteiger partial charge is 0.222 e. The Labute approximate surface area is 194 Å². The maximum absolute atomic E-state index is 14.3. The molecular weight excluding hydrogens is 433 g/mol. The maximum atomic E-state index is 14.3. The summed E-state index contributed by atoms with van der Waals surface area (Å²) in [5, 5.41) is 11.5. The predicted octanol–water partition coefficient (Wildman–Crippen LogP) is 4.78. The van der Waals surface area contributed by atoms with E-state index in [9.17, 15) is 9.18 Å². The van der Waals surface area contributed by atoms with Crippen molar-refractivity contribution in [3.8, 4) is 11.5 Å². The number of hydrogen-bond acceptors (Lipinski definition) is 6. The molecule has 3 aromatic heterocycles. The van der Waals surface area contributed by atoms with Gasteiger partial charge in [0.25, 0.3) is 0 Å². The van der Waals surface area contributed by atoms with Crippen LogP contribution in [0.5, 0.6) is 0 Å². The molecule has 0 saturated heterocycles. The lowest BCUT2D eigenvalue weighted by Gasteiger charge is -2.09. The number of anilines is 3. The van der Waals surface area contributed by atoms with Gasteiger partial charge in [0.05, 0.1) is 12.1 Å². The molecule has 0 aliphatic rings. The normalized spacial score (nSPS) is 10.9. The SMILES string of the molecule is CC(=O)Nc1cc(Nc2ccncc2)nc(-c2nn(Cc3ccccc3F)c3ccccc23)n1. The van der Waals surface area contributed by atoms with Crippen molar-refractivity contribution in [2.45, 2.75) is 13.5 Å². The number of halogens is 1. The van der Waals surface area contributed by atoms with Gasteiger partial charge in [0.1, 0.15) is 23.1 Å². The molecule has 0 spiro atoms. The lowest BCUT2D eigenvalue weighted by atomic mass is 10.2. The van der Waals surface area contributed by atoms with Crippen LogP contribution in [0.4, 0.5) is 21.7 Å². The molecular formula is C25H20FN7O. The molecule has 34 heavy (non-hydrogen) atoms. The van der Waals surface area contributed by atoms with Gasteiger partial charge < -0.3 is 10.6 Å². The Morgan fingerprint density at radius 3 is 2.50 bits per heavy atom. The predicted molar refractivity (Wildman–Crippen MR) is 128 cm³/mol. The van der Waals surface area contributed by atoms with Crippen molar-refractivity contribution in [1.82, 2.24) is 24.7 Å². The van der Waals surface area contributed by atoms with E-state index < -0.39 is 0 Å². The van der Waals surface area contributed by atoms with Crippen molar-refractivity contribution >= 4 is 34.1 Å². The summed E-state index contributed by atoms with van der Waals surface area (Å²) in [6, 6.07) is 19.5. The number of carbonyl (C=O) groups excluding carboxylic acids is 1. The highest BCUT2D eigenvalue weighted by atomic mass is 19.1. The molecule has 0 saturated carbocycles. The van der Waals surface area contributed by atoms with Gasteiger partial charge in [-0.3, -0.25) is 14.5 Å². The first kappa shape index (κ1) is 21.2. The Hall–Kier alpha value is -4.66. The fraction of sp³-hybridized carbons (Fsp3) is 0.0800. The fourth-order valence-corrected chi connectivity index (χ4v) is 3.65. The minimum Gasteiger partial charge on any atom is -0.340 e. The monoisotopic (exact) mass is 453 g/mol. The van der Waals surface area contributed by atoms with E-state index in [4.69, 9.17) is 5.10 Å². The third-order valence-electron chi connectivity index (χ3n) is 5.13. The van der Waals surface area contributed by atoms with Crippen LogP contribution in [0, 0.1) is 5.82 Å². The lowest BCUT2D eigenvalue weighted by Crippen LogP contribution is -2.10. The number of carbonyl (C=O) groups is 1. The topological polar surface area (TPSA) is 97.6 Å². The van der Waals surface area contributed by atoms with Gasteiger partial charge in [0.2, 0.25) is 5.91 Å². The number of pyridine rings is 1. The van der Waals surface area contributed by atoms with Crippen LogP contribution < -0.4 is 10.6 Å². The van der Waals surface area contributed by atoms with Gasteiger partial charge in [-0.25, -0.2) is 14.4 Å². The second-order valence-corrected chi connectivity index (χ2v) is 7.62. The van der Waals surface area contributed by atoms with Gasteiger partial charge in [-0.15, -0.1) is 0 Å². The standard InChI is InChI=1S/C25H20FN7O/c1-16(34)28-22-14-23(29-18-10-12-27-13-11-18)31-25(30-22)24-19-7-3-5-9-21(19)33(32-24)15-17-6-2-4-8-20(17)26/h2-14H,15H2,1H3,(H2,27,28,29,30,31,34). The number of hydrogen-bond donors (Lipinski definition) is 2. The Bertz CT molecular complexity index is 1480. The highest BCUT2D eigenvalue weighted by Crippen LogP contribution is 2.29. The average molecular weight is 453 g/mol. The number of para-hydroxylation sites is 1. The molecule has 0 radical (unpaired) electrons. The minimum absolute atomic E-state index is 0.251. The number of nitrogens with zero attached hydrogens (tertiary/aromatic N) is 5. The molecule has 168 valence electrons. The zero-order valence-electron chi connectivity index (χ0n) is 18.2. The first-order valence-corrected chi connectivity index (χ1v) is 10.6. The molecule has 0 bridgehead atoms. The van der Waals surface area contributed by atoms with E-state index in [0.717, 1.165) is 16.6 Å². The fourth-order valence-electron chi connectivity index (χ4n) is 3.65. The number of nitrogens with one attached hydrogen (secondary N) is 2. The summed E-state index contributed by atoms with van der Waals surface area (Å²) in [6.07, 6.45) is 3.33. The van der Waals surface area contributed by atoms with Crippen LogP contribution in [-0.4, -0.2) is 30.6 Å². The van der Waals surface area contributed by atoms with Crippen LogP contribution in [0.3, 0.4) is 0 Å². The Balaban J connectivity index is 1.61. The largest absolute Gasteiger partial charge is 0.340 e. The van der Waals surface area contributed by atoms with E-state index in [1.165, 1.54) is 13.0 Å². The summed E-state index contributed by atoms with van der Waals surface area (Å²) in [4.78, 5) is 24.9. The first-order chi connectivity index (χ1) is 16.6. The number of amides is 1. The van der Waals surface area contributed by atoms with Gasteiger partial charge in [-0.05, 0) is 24.3 Å². The molecule has 3 heterocycles. The molecule has 0 aliphatic heterocycles. The summed E-state index contributed by atoms with van der Waals surface area (Å²) < 4.78 is 16.1. The van der Waals surface area contributed by atoms with Crippen molar-refractivity contribution in [2.24, 2.45) is 0 Å². The first-order valence-electron chi connectivity index (χ1n) is 10.6. The molecule has 9 heteroatoms. The summed E-state index contributed by atoms with van der Waals surface area (Å²) >= 11 is 0.